The number of rotatable bonds is 3. The number of anilines is 2. The van der Waals surface area contributed by atoms with Gasteiger partial charge in [-0.15, -0.1) is 0 Å². The van der Waals surface area contributed by atoms with Crippen LogP contribution in [-0.2, 0) is 0 Å². The zero-order valence-electron chi connectivity index (χ0n) is 10.6. The van der Waals surface area contributed by atoms with Gasteiger partial charge in [-0.2, -0.15) is 0 Å². The van der Waals surface area contributed by atoms with Gasteiger partial charge >= 0.3 is 5.97 Å². The van der Waals surface area contributed by atoms with Crippen LogP contribution in [0.5, 0.6) is 0 Å². The van der Waals surface area contributed by atoms with Gasteiger partial charge in [0.1, 0.15) is 0 Å². The van der Waals surface area contributed by atoms with Crippen LogP contribution in [-0.4, -0.2) is 16.2 Å². The van der Waals surface area contributed by atoms with Gasteiger partial charge in [-0.05, 0) is 48.6 Å². The molecule has 108 valence electrons. The average molecular weight is 341 g/mol. The first kappa shape index (κ1) is 15.6. The predicted molar refractivity (Wildman–Crippen MR) is 89.7 cm³/mol. The van der Waals surface area contributed by atoms with Crippen LogP contribution < -0.4 is 10.6 Å². The molecule has 0 aromatic heterocycles. The highest BCUT2D eigenvalue weighted by atomic mass is 35.5. The molecular weight excluding hydrogens is 331 g/mol. The smallest absolute Gasteiger partial charge is 0.335 e. The number of benzene rings is 2. The van der Waals surface area contributed by atoms with Crippen molar-refractivity contribution in [2.24, 2.45) is 0 Å². The van der Waals surface area contributed by atoms with Crippen LogP contribution in [0.3, 0.4) is 0 Å². The van der Waals surface area contributed by atoms with Crippen LogP contribution in [0.1, 0.15) is 10.4 Å². The quantitative estimate of drug-likeness (QED) is 0.718. The molecule has 0 unspecified atom stereocenters. The molecule has 2 aromatic rings. The van der Waals surface area contributed by atoms with Gasteiger partial charge < -0.3 is 15.7 Å². The second kappa shape index (κ2) is 6.76. The second-order valence-electron chi connectivity index (χ2n) is 4.09. The molecule has 0 radical (unpaired) electrons. The molecule has 0 bridgehead atoms. The number of nitrogens with one attached hydrogen (secondary N) is 2. The summed E-state index contributed by atoms with van der Waals surface area (Å²) in [5.74, 6) is -0.998. The third-order valence-electron chi connectivity index (χ3n) is 2.54. The predicted octanol–water partition coefficient (Wildman–Crippen LogP) is 4.50. The molecule has 4 nitrogen and oxygen atoms in total. The van der Waals surface area contributed by atoms with Crippen LogP contribution in [0, 0.1) is 0 Å². The summed E-state index contributed by atoms with van der Waals surface area (Å²) in [6, 6.07) is 11.4. The summed E-state index contributed by atoms with van der Waals surface area (Å²) >= 11 is 16.9. The third kappa shape index (κ3) is 4.32. The van der Waals surface area contributed by atoms with E-state index in [1.54, 1.807) is 30.3 Å². The van der Waals surface area contributed by atoms with E-state index in [1.807, 2.05) is 0 Å². The standard InChI is InChI=1S/C14H10Cl2N2O2S/c15-11-5-4-10(7-12(11)16)18-14(21)17-9-3-1-2-8(6-9)13(19)20/h1-7H,(H,19,20)(H2,17,18,21). The first-order valence-electron chi connectivity index (χ1n) is 5.82. The normalized spacial score (nSPS) is 10.0. The van der Waals surface area contributed by atoms with E-state index >= 15 is 0 Å². The highest BCUT2D eigenvalue weighted by molar-refractivity contribution is 7.80. The van der Waals surface area contributed by atoms with Crippen molar-refractivity contribution in [2.45, 2.75) is 0 Å². The topological polar surface area (TPSA) is 61.4 Å². The molecule has 0 aliphatic carbocycles. The maximum atomic E-state index is 10.9. The fraction of sp³-hybridized carbons (Fsp3) is 0. The Balaban J connectivity index is 2.06. The van der Waals surface area contributed by atoms with Crippen molar-refractivity contribution in [2.75, 3.05) is 10.6 Å². The highest BCUT2D eigenvalue weighted by Gasteiger charge is 2.05. The largest absolute Gasteiger partial charge is 0.478 e. The summed E-state index contributed by atoms with van der Waals surface area (Å²) in [7, 11) is 0. The third-order valence-corrected chi connectivity index (χ3v) is 3.49. The number of carbonyl (C=O) groups is 1. The minimum Gasteiger partial charge on any atom is -0.478 e. The van der Waals surface area contributed by atoms with E-state index in [-0.39, 0.29) is 5.56 Å². The van der Waals surface area contributed by atoms with Crippen LogP contribution >= 0.6 is 35.4 Å². The monoisotopic (exact) mass is 340 g/mol. The molecule has 21 heavy (non-hydrogen) atoms. The average Bonchev–Trinajstić information content (AvgIpc) is 2.43. The molecule has 0 saturated heterocycles. The minimum atomic E-state index is -0.998. The Morgan fingerprint density at radius 3 is 2.29 bits per heavy atom. The van der Waals surface area contributed by atoms with E-state index in [2.05, 4.69) is 10.6 Å². The number of halogens is 2. The lowest BCUT2D eigenvalue weighted by molar-refractivity contribution is 0.0697. The van der Waals surface area contributed by atoms with Crippen LogP contribution in [0.25, 0.3) is 0 Å². The molecule has 0 aliphatic rings. The van der Waals surface area contributed by atoms with E-state index < -0.39 is 5.97 Å². The van der Waals surface area contributed by atoms with Crippen molar-refractivity contribution in [3.05, 3.63) is 58.1 Å². The van der Waals surface area contributed by atoms with Crippen molar-refractivity contribution in [3.63, 3.8) is 0 Å². The summed E-state index contributed by atoms with van der Waals surface area (Å²) < 4.78 is 0. The van der Waals surface area contributed by atoms with E-state index in [0.29, 0.717) is 26.5 Å². The molecule has 7 heteroatoms. The summed E-state index contributed by atoms with van der Waals surface area (Å²) in [5, 5.41) is 16.0. The Morgan fingerprint density at radius 2 is 1.67 bits per heavy atom. The molecule has 2 aromatic carbocycles. The van der Waals surface area contributed by atoms with Gasteiger partial charge in [0.25, 0.3) is 0 Å². The summed E-state index contributed by atoms with van der Waals surface area (Å²) in [5.41, 5.74) is 1.43. The molecular formula is C14H10Cl2N2O2S. The lowest BCUT2D eigenvalue weighted by Gasteiger charge is -2.11. The number of hydrogen-bond acceptors (Lipinski definition) is 2. The number of aromatic carboxylic acids is 1. The Labute approximate surface area is 136 Å². The van der Waals surface area contributed by atoms with Gasteiger partial charge in [-0.1, -0.05) is 29.3 Å². The lowest BCUT2D eigenvalue weighted by Crippen LogP contribution is -2.19. The summed E-state index contributed by atoms with van der Waals surface area (Å²) in [6.07, 6.45) is 0. The van der Waals surface area contributed by atoms with Gasteiger partial charge in [0, 0.05) is 11.4 Å². The van der Waals surface area contributed by atoms with Crippen LogP contribution in [0.2, 0.25) is 10.0 Å². The highest BCUT2D eigenvalue weighted by Crippen LogP contribution is 2.25. The second-order valence-corrected chi connectivity index (χ2v) is 5.32. The van der Waals surface area contributed by atoms with E-state index in [9.17, 15) is 4.79 Å². The van der Waals surface area contributed by atoms with E-state index in [1.165, 1.54) is 12.1 Å². The molecule has 2 rings (SSSR count). The van der Waals surface area contributed by atoms with E-state index in [0.717, 1.165) is 0 Å². The van der Waals surface area contributed by atoms with Crippen molar-refractivity contribution >= 4 is 57.9 Å². The van der Waals surface area contributed by atoms with Crippen LogP contribution in [0.15, 0.2) is 42.5 Å². The van der Waals surface area contributed by atoms with Gasteiger partial charge in [0.15, 0.2) is 5.11 Å². The van der Waals surface area contributed by atoms with Crippen molar-refractivity contribution in [1.82, 2.24) is 0 Å². The molecule has 0 amide bonds. The van der Waals surface area contributed by atoms with Crippen molar-refractivity contribution in [3.8, 4) is 0 Å². The number of thiocarbonyl (C=S) groups is 1. The zero-order valence-corrected chi connectivity index (χ0v) is 12.9. The zero-order chi connectivity index (χ0) is 15.4. The molecule has 0 atom stereocenters. The Kier molecular flexibility index (Phi) is 5.01. The van der Waals surface area contributed by atoms with Crippen molar-refractivity contribution < 1.29 is 9.90 Å². The Morgan fingerprint density at radius 1 is 1.00 bits per heavy atom. The van der Waals surface area contributed by atoms with Gasteiger partial charge in [0.05, 0.1) is 15.6 Å². The molecule has 0 aliphatic heterocycles. The summed E-state index contributed by atoms with van der Waals surface area (Å²) in [4.78, 5) is 10.9. The Hall–Kier alpha value is -1.82. The maximum absolute atomic E-state index is 10.9. The summed E-state index contributed by atoms with van der Waals surface area (Å²) in [6.45, 7) is 0. The van der Waals surface area contributed by atoms with E-state index in [4.69, 9.17) is 40.5 Å². The fourth-order valence-corrected chi connectivity index (χ4v) is 2.13. The fourth-order valence-electron chi connectivity index (χ4n) is 1.60. The molecule has 0 spiro atoms. The number of hydrogen-bond donors (Lipinski definition) is 3. The van der Waals surface area contributed by atoms with Gasteiger partial charge in [-0.25, -0.2) is 4.79 Å². The first-order chi connectivity index (χ1) is 9.95. The maximum Gasteiger partial charge on any atom is 0.335 e. The molecule has 0 saturated carbocycles. The Bertz CT molecular complexity index is 707. The minimum absolute atomic E-state index is 0.178. The lowest BCUT2D eigenvalue weighted by atomic mass is 10.2. The molecule has 0 heterocycles. The van der Waals surface area contributed by atoms with Gasteiger partial charge in [0.2, 0.25) is 0 Å². The van der Waals surface area contributed by atoms with Crippen LogP contribution in [0.4, 0.5) is 11.4 Å². The van der Waals surface area contributed by atoms with Gasteiger partial charge in [-0.3, -0.25) is 0 Å². The number of carboxylic acid groups (broad SMARTS) is 1. The molecule has 0 fully saturated rings. The number of carboxylic acids is 1. The van der Waals surface area contributed by atoms with Crippen molar-refractivity contribution in [1.29, 1.82) is 0 Å². The molecule has 3 N–H and O–H groups in total. The first-order valence-corrected chi connectivity index (χ1v) is 6.98. The SMILES string of the molecule is O=C(O)c1cccc(NC(=S)Nc2ccc(Cl)c(Cl)c2)c1.